The molecule has 1 aliphatic rings. The molecule has 0 saturated heterocycles. The lowest BCUT2D eigenvalue weighted by Gasteiger charge is -2.36. The first kappa shape index (κ1) is 6.71. The summed E-state index contributed by atoms with van der Waals surface area (Å²) in [6.07, 6.45) is 0. The van der Waals surface area contributed by atoms with E-state index in [0.717, 1.165) is 13.1 Å². The van der Waals surface area contributed by atoms with Crippen LogP contribution in [0.2, 0.25) is 0 Å². The first-order chi connectivity index (χ1) is 5.33. The van der Waals surface area contributed by atoms with Crippen LogP contribution in [-0.2, 0) is 6.54 Å². The number of nitrogens with zero attached hydrogens (tertiary/aromatic N) is 1. The maximum absolute atomic E-state index is 2.41. The Hall–Kier alpha value is -0.980. The summed E-state index contributed by atoms with van der Waals surface area (Å²) >= 11 is 0. The SMILES string of the molecule is CCN1Cc2cccc(C)c21. The molecule has 1 heteroatoms. The highest BCUT2D eigenvalue weighted by atomic mass is 15.2. The summed E-state index contributed by atoms with van der Waals surface area (Å²) in [6, 6.07) is 6.54. The zero-order chi connectivity index (χ0) is 7.84. The van der Waals surface area contributed by atoms with Crippen LogP contribution in [0.1, 0.15) is 18.1 Å². The van der Waals surface area contributed by atoms with Crippen LogP contribution >= 0.6 is 0 Å². The van der Waals surface area contributed by atoms with Crippen molar-refractivity contribution in [2.24, 2.45) is 0 Å². The van der Waals surface area contributed by atoms with E-state index in [-0.39, 0.29) is 0 Å². The molecule has 0 fully saturated rings. The van der Waals surface area contributed by atoms with Gasteiger partial charge in [-0.25, -0.2) is 0 Å². The van der Waals surface area contributed by atoms with Crippen molar-refractivity contribution in [3.63, 3.8) is 0 Å². The average Bonchev–Trinajstić information content (AvgIpc) is 1.93. The van der Waals surface area contributed by atoms with Gasteiger partial charge in [0.2, 0.25) is 0 Å². The summed E-state index contributed by atoms with van der Waals surface area (Å²) in [5, 5.41) is 0. The molecule has 1 aliphatic heterocycles. The lowest BCUT2D eigenvalue weighted by Crippen LogP contribution is -2.32. The van der Waals surface area contributed by atoms with E-state index in [2.05, 4.69) is 36.9 Å². The second-order valence-corrected chi connectivity index (χ2v) is 3.10. The first-order valence-electron chi connectivity index (χ1n) is 4.16. The highest BCUT2D eigenvalue weighted by Crippen LogP contribution is 2.34. The minimum Gasteiger partial charge on any atom is -0.367 e. The minimum atomic E-state index is 1.14. The van der Waals surface area contributed by atoms with Gasteiger partial charge in [-0.15, -0.1) is 0 Å². The number of rotatable bonds is 1. The Kier molecular flexibility index (Phi) is 1.38. The first-order valence-corrected chi connectivity index (χ1v) is 4.16. The molecule has 0 radical (unpaired) electrons. The van der Waals surface area contributed by atoms with E-state index in [9.17, 15) is 0 Å². The Labute approximate surface area is 67.6 Å². The summed E-state index contributed by atoms with van der Waals surface area (Å²) in [5.74, 6) is 0. The van der Waals surface area contributed by atoms with Gasteiger partial charge in [-0.1, -0.05) is 18.2 Å². The van der Waals surface area contributed by atoms with Crippen LogP contribution in [-0.4, -0.2) is 6.54 Å². The summed E-state index contributed by atoms with van der Waals surface area (Å²) in [7, 11) is 0. The molecule has 0 aromatic heterocycles. The van der Waals surface area contributed by atoms with Gasteiger partial charge in [-0.05, 0) is 25.0 Å². The number of hydrogen-bond acceptors (Lipinski definition) is 1. The smallest absolute Gasteiger partial charge is 0.0450 e. The van der Waals surface area contributed by atoms with Gasteiger partial charge in [-0.3, -0.25) is 0 Å². The third kappa shape index (κ3) is 0.839. The Balaban J connectivity index is 2.43. The molecule has 58 valence electrons. The van der Waals surface area contributed by atoms with Crippen molar-refractivity contribution in [3.05, 3.63) is 29.3 Å². The Morgan fingerprint density at radius 3 is 2.91 bits per heavy atom. The van der Waals surface area contributed by atoms with Gasteiger partial charge in [0, 0.05) is 18.8 Å². The number of fused-ring (bicyclic) bond motifs is 1. The molecule has 1 heterocycles. The van der Waals surface area contributed by atoms with Crippen LogP contribution in [0.25, 0.3) is 0 Å². The van der Waals surface area contributed by atoms with E-state index in [4.69, 9.17) is 0 Å². The molecule has 2 rings (SSSR count). The van der Waals surface area contributed by atoms with Crippen molar-refractivity contribution in [3.8, 4) is 0 Å². The predicted molar refractivity (Wildman–Crippen MR) is 47.9 cm³/mol. The van der Waals surface area contributed by atoms with E-state index in [1.54, 1.807) is 0 Å². The van der Waals surface area contributed by atoms with Gasteiger partial charge in [0.05, 0.1) is 0 Å². The largest absolute Gasteiger partial charge is 0.367 e. The molecule has 1 aromatic rings. The maximum atomic E-state index is 2.41. The van der Waals surface area contributed by atoms with Crippen LogP contribution in [0.5, 0.6) is 0 Å². The molecule has 0 aliphatic carbocycles. The van der Waals surface area contributed by atoms with Crippen molar-refractivity contribution in [1.82, 2.24) is 0 Å². The second-order valence-electron chi connectivity index (χ2n) is 3.10. The molecule has 1 nitrogen and oxygen atoms in total. The van der Waals surface area contributed by atoms with Crippen LogP contribution in [0.3, 0.4) is 0 Å². The molecule has 0 saturated carbocycles. The summed E-state index contributed by atoms with van der Waals surface area (Å²) in [6.45, 7) is 6.67. The van der Waals surface area contributed by atoms with Crippen molar-refractivity contribution >= 4 is 5.69 Å². The third-order valence-corrected chi connectivity index (χ3v) is 2.38. The minimum absolute atomic E-state index is 1.14. The van der Waals surface area contributed by atoms with Gasteiger partial charge in [0.15, 0.2) is 0 Å². The van der Waals surface area contributed by atoms with Crippen molar-refractivity contribution in [2.45, 2.75) is 20.4 Å². The number of hydrogen-bond donors (Lipinski definition) is 0. The molecular formula is C10H13N. The molecule has 0 N–H and O–H groups in total. The number of aryl methyl sites for hydroxylation is 1. The number of anilines is 1. The van der Waals surface area contributed by atoms with E-state index < -0.39 is 0 Å². The molecule has 0 unspecified atom stereocenters. The maximum Gasteiger partial charge on any atom is 0.0450 e. The molecule has 0 spiro atoms. The lowest BCUT2D eigenvalue weighted by molar-refractivity contribution is 0.757. The Morgan fingerprint density at radius 1 is 1.45 bits per heavy atom. The number of benzene rings is 1. The standard InChI is InChI=1S/C10H13N/c1-3-11-7-9-6-4-5-8(2)10(9)11/h4-6H,3,7H2,1-2H3. The Morgan fingerprint density at radius 2 is 2.27 bits per heavy atom. The Bertz CT molecular complexity index is 264. The highest BCUT2D eigenvalue weighted by molar-refractivity contribution is 5.66. The van der Waals surface area contributed by atoms with Gasteiger partial charge >= 0.3 is 0 Å². The zero-order valence-corrected chi connectivity index (χ0v) is 7.09. The van der Waals surface area contributed by atoms with Gasteiger partial charge in [0.25, 0.3) is 0 Å². The van der Waals surface area contributed by atoms with Crippen LogP contribution in [0.15, 0.2) is 18.2 Å². The van der Waals surface area contributed by atoms with Crippen LogP contribution in [0, 0.1) is 6.92 Å². The zero-order valence-electron chi connectivity index (χ0n) is 7.09. The van der Waals surface area contributed by atoms with Crippen molar-refractivity contribution in [1.29, 1.82) is 0 Å². The lowest BCUT2D eigenvalue weighted by atomic mass is 9.99. The van der Waals surface area contributed by atoms with Crippen molar-refractivity contribution in [2.75, 3.05) is 11.4 Å². The van der Waals surface area contributed by atoms with Gasteiger partial charge < -0.3 is 4.90 Å². The van der Waals surface area contributed by atoms with E-state index in [0.29, 0.717) is 0 Å². The molecule has 1 aromatic carbocycles. The van der Waals surface area contributed by atoms with E-state index in [1.165, 1.54) is 16.8 Å². The fourth-order valence-electron chi connectivity index (χ4n) is 1.76. The van der Waals surface area contributed by atoms with Crippen LogP contribution < -0.4 is 4.90 Å². The predicted octanol–water partition coefficient (Wildman–Crippen LogP) is 2.33. The molecule has 0 atom stereocenters. The van der Waals surface area contributed by atoms with Gasteiger partial charge in [-0.2, -0.15) is 0 Å². The van der Waals surface area contributed by atoms with E-state index >= 15 is 0 Å². The van der Waals surface area contributed by atoms with E-state index in [1.807, 2.05) is 0 Å². The van der Waals surface area contributed by atoms with Crippen LogP contribution in [0.4, 0.5) is 5.69 Å². The third-order valence-electron chi connectivity index (χ3n) is 2.38. The quantitative estimate of drug-likeness (QED) is 0.589. The normalized spacial score (nSPS) is 14.2. The summed E-state index contributed by atoms with van der Waals surface area (Å²) in [4.78, 5) is 2.41. The van der Waals surface area contributed by atoms with Crippen molar-refractivity contribution < 1.29 is 0 Å². The molecule has 11 heavy (non-hydrogen) atoms. The molecule has 0 bridgehead atoms. The van der Waals surface area contributed by atoms with Gasteiger partial charge in [0.1, 0.15) is 0 Å². The fraction of sp³-hybridized carbons (Fsp3) is 0.400. The topological polar surface area (TPSA) is 3.24 Å². The average molecular weight is 147 g/mol. The fourth-order valence-corrected chi connectivity index (χ4v) is 1.76. The second kappa shape index (κ2) is 2.26. The summed E-state index contributed by atoms with van der Waals surface area (Å²) in [5.41, 5.74) is 4.39. The molecular weight excluding hydrogens is 134 g/mol. The number of para-hydroxylation sites is 1. The molecule has 0 amide bonds. The highest BCUT2D eigenvalue weighted by Gasteiger charge is 2.21. The summed E-state index contributed by atoms with van der Waals surface area (Å²) < 4.78 is 0. The monoisotopic (exact) mass is 147 g/mol.